The van der Waals surface area contributed by atoms with Gasteiger partial charge in [0.25, 0.3) is 0 Å². The first kappa shape index (κ1) is 27.0. The summed E-state index contributed by atoms with van der Waals surface area (Å²) in [4.78, 5) is 7.21. The van der Waals surface area contributed by atoms with Crippen LogP contribution in [-0.2, 0) is 11.4 Å². The lowest BCUT2D eigenvalue weighted by Gasteiger charge is -2.13. The van der Waals surface area contributed by atoms with Gasteiger partial charge in [0.2, 0.25) is 5.82 Å². The molecule has 0 bridgehead atoms. The standard InChI is InChI=1S/C25H26Cl3N5O4/c1-3-33-30-25(29-32-33)16-6-8-17(9-7-16)35-11-4-5-18-15-22(31-37-18)20-13-19(36-12-10-23(27)28)14-21(26)24(20)34-2/h6-10,13-14,18H,3-5,11-12,15H2,1-2H3. The molecule has 196 valence electrons. The van der Waals surface area contributed by atoms with Crippen molar-refractivity contribution in [2.45, 2.75) is 38.8 Å². The summed E-state index contributed by atoms with van der Waals surface area (Å²) >= 11 is 17.7. The first-order valence-electron chi connectivity index (χ1n) is 11.7. The van der Waals surface area contributed by atoms with Gasteiger partial charge in [-0.2, -0.15) is 4.80 Å². The first-order valence-corrected chi connectivity index (χ1v) is 12.9. The zero-order valence-corrected chi connectivity index (χ0v) is 22.6. The van der Waals surface area contributed by atoms with E-state index in [-0.39, 0.29) is 17.2 Å². The maximum Gasteiger partial charge on any atom is 0.204 e. The predicted octanol–water partition coefficient (Wildman–Crippen LogP) is 6.07. The molecule has 1 atom stereocenters. The van der Waals surface area contributed by atoms with Crippen molar-refractivity contribution in [3.05, 3.63) is 57.6 Å². The third kappa shape index (κ3) is 7.28. The van der Waals surface area contributed by atoms with E-state index < -0.39 is 0 Å². The Hall–Kier alpha value is -3.01. The van der Waals surface area contributed by atoms with Gasteiger partial charge in [-0.3, -0.25) is 0 Å². The van der Waals surface area contributed by atoms with Crippen molar-refractivity contribution in [2.75, 3.05) is 20.3 Å². The number of benzene rings is 2. The maximum atomic E-state index is 6.41. The van der Waals surface area contributed by atoms with Crippen LogP contribution in [0.4, 0.5) is 0 Å². The van der Waals surface area contributed by atoms with Gasteiger partial charge in [0.05, 0.1) is 31.0 Å². The van der Waals surface area contributed by atoms with E-state index in [9.17, 15) is 0 Å². The van der Waals surface area contributed by atoms with Crippen LogP contribution in [0.2, 0.25) is 5.02 Å². The number of oxime groups is 1. The fourth-order valence-corrected chi connectivity index (χ4v) is 4.12. The summed E-state index contributed by atoms with van der Waals surface area (Å²) in [5, 5.41) is 17.0. The number of methoxy groups -OCH3 is 1. The Bertz CT molecular complexity index is 1260. The van der Waals surface area contributed by atoms with Gasteiger partial charge in [0.15, 0.2) is 0 Å². The molecule has 9 nitrogen and oxygen atoms in total. The van der Waals surface area contributed by atoms with Crippen molar-refractivity contribution < 1.29 is 19.0 Å². The molecule has 37 heavy (non-hydrogen) atoms. The molecule has 1 aromatic heterocycles. The summed E-state index contributed by atoms with van der Waals surface area (Å²) in [5.74, 6) is 2.43. The molecule has 12 heteroatoms. The van der Waals surface area contributed by atoms with Crippen molar-refractivity contribution in [3.63, 3.8) is 0 Å². The summed E-state index contributed by atoms with van der Waals surface area (Å²) in [5.41, 5.74) is 2.35. The lowest BCUT2D eigenvalue weighted by atomic mass is 10.0. The van der Waals surface area contributed by atoms with Crippen LogP contribution in [0.1, 0.15) is 31.7 Å². The molecule has 0 fully saturated rings. The molecule has 0 amide bonds. The number of hydrogen-bond acceptors (Lipinski definition) is 8. The highest BCUT2D eigenvalue weighted by Gasteiger charge is 2.26. The van der Waals surface area contributed by atoms with Crippen LogP contribution in [0.5, 0.6) is 17.2 Å². The topological polar surface area (TPSA) is 92.9 Å². The normalized spacial score (nSPS) is 14.6. The van der Waals surface area contributed by atoms with Crippen molar-refractivity contribution >= 4 is 40.5 Å². The lowest BCUT2D eigenvalue weighted by Crippen LogP contribution is -2.11. The number of nitrogens with zero attached hydrogens (tertiary/aromatic N) is 5. The lowest BCUT2D eigenvalue weighted by molar-refractivity contribution is 0.0741. The van der Waals surface area contributed by atoms with Gasteiger partial charge in [-0.05, 0) is 61.4 Å². The number of aryl methyl sites for hydroxylation is 1. The highest BCUT2D eigenvalue weighted by molar-refractivity contribution is 6.55. The third-order valence-electron chi connectivity index (χ3n) is 5.54. The van der Waals surface area contributed by atoms with Crippen LogP contribution in [-0.4, -0.2) is 52.3 Å². The van der Waals surface area contributed by atoms with Crippen molar-refractivity contribution in [2.24, 2.45) is 5.16 Å². The number of ether oxygens (including phenoxy) is 3. The molecule has 4 rings (SSSR count). The van der Waals surface area contributed by atoms with Gasteiger partial charge in [0.1, 0.15) is 34.5 Å². The first-order chi connectivity index (χ1) is 18.0. The smallest absolute Gasteiger partial charge is 0.204 e. The molecular formula is C25H26Cl3N5O4. The highest BCUT2D eigenvalue weighted by Crippen LogP contribution is 2.36. The van der Waals surface area contributed by atoms with Gasteiger partial charge in [-0.1, -0.05) is 40.0 Å². The number of hydrogen-bond donors (Lipinski definition) is 0. The Morgan fingerprint density at radius 3 is 2.68 bits per heavy atom. The summed E-state index contributed by atoms with van der Waals surface area (Å²) in [6.07, 6.45) is 3.66. The van der Waals surface area contributed by atoms with Gasteiger partial charge in [-0.25, -0.2) is 0 Å². The van der Waals surface area contributed by atoms with E-state index in [4.69, 9.17) is 53.9 Å². The Kier molecular flexibility index (Phi) is 9.49. The van der Waals surface area contributed by atoms with Crippen LogP contribution in [0.25, 0.3) is 11.4 Å². The third-order valence-corrected chi connectivity index (χ3v) is 6.13. The minimum atomic E-state index is -0.0701. The molecule has 0 N–H and O–H groups in total. The van der Waals surface area contributed by atoms with Crippen molar-refractivity contribution in [1.29, 1.82) is 0 Å². The van der Waals surface area contributed by atoms with E-state index in [0.717, 1.165) is 35.4 Å². The monoisotopic (exact) mass is 565 g/mol. The molecule has 2 aromatic carbocycles. The van der Waals surface area contributed by atoms with Crippen LogP contribution >= 0.6 is 34.8 Å². The minimum Gasteiger partial charge on any atom is -0.494 e. The summed E-state index contributed by atoms with van der Waals surface area (Å²) in [7, 11) is 1.56. The second-order valence-corrected chi connectivity index (χ2v) is 9.49. The van der Waals surface area contributed by atoms with E-state index in [1.54, 1.807) is 24.0 Å². The molecule has 2 heterocycles. The highest BCUT2D eigenvalue weighted by atomic mass is 35.5. The summed E-state index contributed by atoms with van der Waals surface area (Å²) in [6, 6.07) is 11.1. The Morgan fingerprint density at radius 2 is 1.97 bits per heavy atom. The van der Waals surface area contributed by atoms with E-state index in [2.05, 4.69) is 20.6 Å². The Labute approximate surface area is 229 Å². The van der Waals surface area contributed by atoms with Crippen LogP contribution < -0.4 is 14.2 Å². The van der Waals surface area contributed by atoms with E-state index in [0.29, 0.717) is 41.9 Å². The molecule has 0 saturated carbocycles. The van der Waals surface area contributed by atoms with E-state index in [1.165, 1.54) is 0 Å². The van der Waals surface area contributed by atoms with Crippen LogP contribution in [0.3, 0.4) is 0 Å². The quantitative estimate of drug-likeness (QED) is 0.246. The maximum absolute atomic E-state index is 6.41. The van der Waals surface area contributed by atoms with Gasteiger partial charge < -0.3 is 19.0 Å². The fraction of sp³-hybridized carbons (Fsp3) is 0.360. The second-order valence-electron chi connectivity index (χ2n) is 8.08. The van der Waals surface area contributed by atoms with E-state index >= 15 is 0 Å². The molecule has 0 aliphatic carbocycles. The van der Waals surface area contributed by atoms with E-state index in [1.807, 2.05) is 37.3 Å². The molecule has 0 saturated heterocycles. The molecule has 1 aliphatic rings. The molecular weight excluding hydrogens is 541 g/mol. The minimum absolute atomic E-state index is 0.0701. The second kappa shape index (κ2) is 13.0. The summed E-state index contributed by atoms with van der Waals surface area (Å²) < 4.78 is 17.2. The molecule has 1 unspecified atom stereocenters. The largest absolute Gasteiger partial charge is 0.494 e. The molecule has 1 aliphatic heterocycles. The number of aromatic nitrogens is 4. The average Bonchev–Trinajstić information content (AvgIpc) is 3.56. The molecule has 0 radical (unpaired) electrons. The zero-order valence-electron chi connectivity index (χ0n) is 20.4. The Morgan fingerprint density at radius 1 is 1.16 bits per heavy atom. The van der Waals surface area contributed by atoms with Gasteiger partial charge >= 0.3 is 0 Å². The molecule has 3 aromatic rings. The van der Waals surface area contributed by atoms with Gasteiger partial charge in [-0.15, -0.1) is 10.2 Å². The number of halogens is 3. The molecule has 0 spiro atoms. The number of tetrazole rings is 1. The van der Waals surface area contributed by atoms with Crippen molar-refractivity contribution in [3.8, 4) is 28.6 Å². The predicted molar refractivity (Wildman–Crippen MR) is 143 cm³/mol. The average molecular weight is 567 g/mol. The number of rotatable bonds is 12. The SMILES string of the molecule is CCn1nnc(-c2ccc(OCCCC3CC(c4cc(OCC=C(Cl)Cl)cc(Cl)c4OC)=NO3)cc2)n1. The zero-order chi connectivity index (χ0) is 26.2. The van der Waals surface area contributed by atoms with Crippen LogP contribution in [0, 0.1) is 0 Å². The van der Waals surface area contributed by atoms with Gasteiger partial charge in [0, 0.05) is 23.6 Å². The van der Waals surface area contributed by atoms with Crippen LogP contribution in [0.15, 0.2) is 52.1 Å². The Balaban J connectivity index is 1.26. The summed E-state index contributed by atoms with van der Waals surface area (Å²) in [6.45, 7) is 3.39. The van der Waals surface area contributed by atoms with Crippen molar-refractivity contribution in [1.82, 2.24) is 20.2 Å². The fourth-order valence-electron chi connectivity index (χ4n) is 3.71.